The predicted molar refractivity (Wildman–Crippen MR) is 120 cm³/mol. The maximum atomic E-state index is 12.3. The highest BCUT2D eigenvalue weighted by Gasteiger charge is 2.32. The van der Waals surface area contributed by atoms with Crippen molar-refractivity contribution in [2.24, 2.45) is 7.05 Å². The van der Waals surface area contributed by atoms with Crippen LogP contribution < -0.4 is 15.4 Å². The van der Waals surface area contributed by atoms with Gasteiger partial charge in [-0.05, 0) is 18.1 Å². The average molecular weight is 450 g/mol. The molecule has 1 aliphatic heterocycles. The number of aromatic nitrogens is 2. The molecule has 172 valence electrons. The fraction of sp³-hybridized carbons (Fsp3) is 0.333. The summed E-state index contributed by atoms with van der Waals surface area (Å²) in [4.78, 5) is 36.0. The zero-order valence-electron chi connectivity index (χ0n) is 18.4. The van der Waals surface area contributed by atoms with E-state index < -0.39 is 5.92 Å². The Bertz CT molecular complexity index is 1160. The third kappa shape index (κ3) is 5.38. The van der Waals surface area contributed by atoms with Crippen molar-refractivity contribution in [2.45, 2.75) is 25.4 Å². The molecule has 1 unspecified atom stereocenters. The summed E-state index contributed by atoms with van der Waals surface area (Å²) in [7, 11) is 1.76. The molecule has 2 N–H and O–H groups in total. The Morgan fingerprint density at radius 3 is 2.79 bits per heavy atom. The molecule has 0 saturated carbocycles. The number of nitrogens with one attached hydrogen (secondary N) is 2. The van der Waals surface area contributed by atoms with Crippen LogP contribution in [0.3, 0.4) is 0 Å². The fourth-order valence-electron chi connectivity index (χ4n) is 3.88. The van der Waals surface area contributed by atoms with E-state index in [0.29, 0.717) is 43.1 Å². The number of hydrogen-bond donors (Lipinski definition) is 2. The van der Waals surface area contributed by atoms with Crippen molar-refractivity contribution >= 4 is 28.6 Å². The van der Waals surface area contributed by atoms with Gasteiger partial charge in [0.15, 0.2) is 6.61 Å². The first-order chi connectivity index (χ1) is 16.0. The molecule has 3 aromatic rings. The van der Waals surface area contributed by atoms with Gasteiger partial charge in [0.05, 0.1) is 24.8 Å². The minimum atomic E-state index is -0.499. The van der Waals surface area contributed by atoms with Gasteiger partial charge in [-0.1, -0.05) is 42.5 Å². The second-order valence-electron chi connectivity index (χ2n) is 7.84. The SMILES string of the molecule is Cn1nc(C2CCC(=O)NC2=O)c2cccc(OCC(=O)NCCOCc3ccccc3)c21. The number of piperidine rings is 1. The molecule has 2 heterocycles. The number of amides is 3. The van der Waals surface area contributed by atoms with Gasteiger partial charge in [0.25, 0.3) is 5.91 Å². The van der Waals surface area contributed by atoms with Crippen LogP contribution in [0.15, 0.2) is 48.5 Å². The van der Waals surface area contributed by atoms with E-state index in [-0.39, 0.29) is 30.7 Å². The second-order valence-corrected chi connectivity index (χ2v) is 7.84. The van der Waals surface area contributed by atoms with E-state index in [2.05, 4.69) is 15.7 Å². The Morgan fingerprint density at radius 1 is 1.18 bits per heavy atom. The molecule has 1 saturated heterocycles. The van der Waals surface area contributed by atoms with Crippen molar-refractivity contribution in [1.82, 2.24) is 20.4 Å². The van der Waals surface area contributed by atoms with Gasteiger partial charge < -0.3 is 14.8 Å². The lowest BCUT2D eigenvalue weighted by molar-refractivity contribution is -0.134. The average Bonchev–Trinajstić information content (AvgIpc) is 3.15. The molecule has 0 aliphatic carbocycles. The molecule has 3 amide bonds. The van der Waals surface area contributed by atoms with Gasteiger partial charge in [0.2, 0.25) is 11.8 Å². The predicted octanol–water partition coefficient (Wildman–Crippen LogP) is 1.81. The summed E-state index contributed by atoms with van der Waals surface area (Å²) in [5, 5.41) is 10.4. The van der Waals surface area contributed by atoms with Crippen LogP contribution in [0.1, 0.15) is 30.0 Å². The molecule has 9 nitrogen and oxygen atoms in total. The molecule has 0 bridgehead atoms. The zero-order valence-corrected chi connectivity index (χ0v) is 18.4. The Kier molecular flexibility index (Phi) is 6.99. The lowest BCUT2D eigenvalue weighted by Crippen LogP contribution is -2.39. The van der Waals surface area contributed by atoms with Crippen LogP contribution in [0.2, 0.25) is 0 Å². The lowest BCUT2D eigenvalue weighted by atomic mass is 9.93. The minimum Gasteiger partial charge on any atom is -0.482 e. The van der Waals surface area contributed by atoms with Crippen molar-refractivity contribution in [3.8, 4) is 5.75 Å². The molecule has 9 heteroatoms. The van der Waals surface area contributed by atoms with Crippen molar-refractivity contribution in [2.75, 3.05) is 19.8 Å². The number of aryl methyl sites for hydroxylation is 1. The standard InChI is InChI=1S/C24H26N4O5/c1-28-23-17(22(27-28)18-10-11-20(29)26-24(18)31)8-5-9-19(23)33-15-21(30)25-12-13-32-14-16-6-3-2-4-7-16/h2-9,18H,10-15H2,1H3,(H,25,30)(H,26,29,31). The van der Waals surface area contributed by atoms with Crippen molar-refractivity contribution in [3.63, 3.8) is 0 Å². The number of carbonyl (C=O) groups excluding carboxylic acids is 3. The molecule has 4 rings (SSSR count). The number of carbonyl (C=O) groups is 3. The summed E-state index contributed by atoms with van der Waals surface area (Å²) in [5.74, 6) is -0.872. The Balaban J connectivity index is 1.32. The Morgan fingerprint density at radius 2 is 2.00 bits per heavy atom. The van der Waals surface area contributed by atoms with E-state index in [1.807, 2.05) is 36.4 Å². The molecule has 2 aromatic carbocycles. The van der Waals surface area contributed by atoms with E-state index in [4.69, 9.17) is 9.47 Å². The molecular weight excluding hydrogens is 424 g/mol. The van der Waals surface area contributed by atoms with Gasteiger partial charge in [-0.15, -0.1) is 0 Å². The number of imide groups is 1. The first kappa shape index (κ1) is 22.5. The monoisotopic (exact) mass is 450 g/mol. The highest BCUT2D eigenvalue weighted by molar-refractivity contribution is 6.03. The number of ether oxygens (including phenoxy) is 2. The first-order valence-electron chi connectivity index (χ1n) is 10.8. The number of nitrogens with zero attached hydrogens (tertiary/aromatic N) is 2. The summed E-state index contributed by atoms with van der Waals surface area (Å²) >= 11 is 0. The molecule has 33 heavy (non-hydrogen) atoms. The Labute approximate surface area is 191 Å². The summed E-state index contributed by atoms with van der Waals surface area (Å²) in [6, 6.07) is 15.2. The molecular formula is C24H26N4O5. The van der Waals surface area contributed by atoms with Crippen LogP contribution in [0, 0.1) is 0 Å². The highest BCUT2D eigenvalue weighted by atomic mass is 16.5. The normalized spacial score (nSPS) is 16.0. The first-order valence-corrected chi connectivity index (χ1v) is 10.8. The fourth-order valence-corrected chi connectivity index (χ4v) is 3.88. The van der Waals surface area contributed by atoms with E-state index in [0.717, 1.165) is 10.9 Å². The zero-order chi connectivity index (χ0) is 23.2. The molecule has 0 radical (unpaired) electrons. The minimum absolute atomic E-state index is 0.156. The quantitative estimate of drug-likeness (QED) is 0.380. The topological polar surface area (TPSA) is 112 Å². The lowest BCUT2D eigenvalue weighted by Gasteiger charge is -2.19. The molecule has 1 aromatic heterocycles. The number of benzene rings is 2. The summed E-state index contributed by atoms with van der Waals surface area (Å²) in [6.45, 7) is 1.11. The van der Waals surface area contributed by atoms with Gasteiger partial charge in [-0.2, -0.15) is 5.10 Å². The second kappa shape index (κ2) is 10.3. The smallest absolute Gasteiger partial charge is 0.258 e. The van der Waals surface area contributed by atoms with Gasteiger partial charge >= 0.3 is 0 Å². The Hall–Kier alpha value is -3.72. The molecule has 1 fully saturated rings. The van der Waals surface area contributed by atoms with E-state index in [1.165, 1.54) is 0 Å². The van der Waals surface area contributed by atoms with Crippen LogP contribution in [0.5, 0.6) is 5.75 Å². The third-order valence-corrected chi connectivity index (χ3v) is 5.46. The van der Waals surface area contributed by atoms with Crippen molar-refractivity contribution in [1.29, 1.82) is 0 Å². The van der Waals surface area contributed by atoms with Crippen molar-refractivity contribution in [3.05, 3.63) is 59.8 Å². The molecule has 1 atom stereocenters. The van der Waals surface area contributed by atoms with Crippen molar-refractivity contribution < 1.29 is 23.9 Å². The molecule has 1 aliphatic rings. The number of para-hydroxylation sites is 1. The van der Waals surface area contributed by atoms with E-state index in [1.54, 1.807) is 23.9 Å². The molecule has 0 spiro atoms. The summed E-state index contributed by atoms with van der Waals surface area (Å²) in [6.07, 6.45) is 0.691. The van der Waals surface area contributed by atoms with Crippen LogP contribution in [-0.4, -0.2) is 47.3 Å². The van der Waals surface area contributed by atoms with Gasteiger partial charge in [-0.3, -0.25) is 24.4 Å². The largest absolute Gasteiger partial charge is 0.482 e. The summed E-state index contributed by atoms with van der Waals surface area (Å²) in [5.41, 5.74) is 2.37. The van der Waals surface area contributed by atoms with Crippen LogP contribution in [0.4, 0.5) is 0 Å². The summed E-state index contributed by atoms with van der Waals surface area (Å²) < 4.78 is 13.0. The number of fused-ring (bicyclic) bond motifs is 1. The van der Waals surface area contributed by atoms with Gasteiger partial charge in [0.1, 0.15) is 11.3 Å². The maximum absolute atomic E-state index is 12.3. The van der Waals surface area contributed by atoms with Crippen LogP contribution in [-0.2, 0) is 32.8 Å². The van der Waals surface area contributed by atoms with Crippen LogP contribution in [0.25, 0.3) is 10.9 Å². The number of rotatable bonds is 9. The van der Waals surface area contributed by atoms with E-state index in [9.17, 15) is 14.4 Å². The van der Waals surface area contributed by atoms with Gasteiger partial charge in [0, 0.05) is 25.4 Å². The van der Waals surface area contributed by atoms with E-state index >= 15 is 0 Å². The maximum Gasteiger partial charge on any atom is 0.258 e. The third-order valence-electron chi connectivity index (χ3n) is 5.46. The van der Waals surface area contributed by atoms with Gasteiger partial charge in [-0.25, -0.2) is 0 Å². The van der Waals surface area contributed by atoms with Crippen LogP contribution >= 0.6 is 0 Å². The number of hydrogen-bond acceptors (Lipinski definition) is 6. The highest BCUT2D eigenvalue weighted by Crippen LogP contribution is 2.34.